The molecule has 6 aromatic rings. The van der Waals surface area contributed by atoms with Gasteiger partial charge in [0, 0.05) is 58.4 Å². The predicted octanol–water partition coefficient (Wildman–Crippen LogP) is 23.2. The zero-order chi connectivity index (χ0) is 110. The number of hydrogen-bond donors (Lipinski definition) is 0. The van der Waals surface area contributed by atoms with Crippen molar-refractivity contribution in [1.29, 1.82) is 0 Å². The van der Waals surface area contributed by atoms with Crippen molar-refractivity contribution in [2.45, 2.75) is 272 Å². The molecule has 0 aromatic heterocycles. The average molecular weight is 2170 g/mol. The minimum absolute atomic E-state index is 0.0438. The zero-order valence-electron chi connectivity index (χ0n) is 88.6. The van der Waals surface area contributed by atoms with Crippen molar-refractivity contribution in [2.24, 2.45) is 71.0 Å². The van der Waals surface area contributed by atoms with Gasteiger partial charge in [-0.25, -0.2) is 14.4 Å². The van der Waals surface area contributed by atoms with E-state index in [1.807, 2.05) is 97.1 Å². The van der Waals surface area contributed by atoms with Gasteiger partial charge in [-0.1, -0.05) is 164 Å². The van der Waals surface area contributed by atoms with E-state index >= 15 is 0 Å². The summed E-state index contributed by atoms with van der Waals surface area (Å²) in [5.74, 6) is 0.605. The molecule has 30 nitrogen and oxygen atoms in total. The van der Waals surface area contributed by atoms with Crippen molar-refractivity contribution in [3.63, 3.8) is 0 Å². The van der Waals surface area contributed by atoms with E-state index < -0.39 is 107 Å². The lowest BCUT2D eigenvalue weighted by atomic mass is 9.54. The molecular weight excluding hydrogens is 2030 g/mol. The van der Waals surface area contributed by atoms with E-state index in [1.54, 1.807) is 38.2 Å². The third-order valence-corrected chi connectivity index (χ3v) is 43.5. The summed E-state index contributed by atoms with van der Waals surface area (Å²) in [6.07, 6.45) is 20.4. The molecule has 804 valence electrons. The molecule has 8 bridgehead atoms. The molecule has 150 heavy (non-hydrogen) atoms. The quantitative estimate of drug-likeness (QED) is 0.00484. The molecule has 0 radical (unpaired) electrons. The van der Waals surface area contributed by atoms with Crippen molar-refractivity contribution in [2.75, 3.05) is 14.2 Å². The Morgan fingerprint density at radius 2 is 0.900 bits per heavy atom. The van der Waals surface area contributed by atoms with Crippen LogP contribution in [0.1, 0.15) is 230 Å². The molecule has 6 aromatic carbocycles. The summed E-state index contributed by atoms with van der Waals surface area (Å²) in [6.45, 7) is 40.4. The molecule has 2 amide bonds. The lowest BCUT2D eigenvalue weighted by Gasteiger charge is -2.51. The van der Waals surface area contributed by atoms with Gasteiger partial charge in [0.2, 0.25) is 11.8 Å². The van der Waals surface area contributed by atoms with Crippen LogP contribution in [-0.4, -0.2) is 149 Å². The van der Waals surface area contributed by atoms with Gasteiger partial charge in [-0.05, 0) is 284 Å². The van der Waals surface area contributed by atoms with Gasteiger partial charge in [-0.2, -0.15) is 40.8 Å². The number of methoxy groups -OCH3 is 2. The summed E-state index contributed by atoms with van der Waals surface area (Å²) in [6, 6.07) is 32.9. The number of nitrogens with zero attached hydrogens (tertiary/aromatic N) is 4. The minimum Gasteiger partial charge on any atom is -0.496 e. The maximum Gasteiger partial charge on any atom is 0.534 e. The van der Waals surface area contributed by atoms with Crippen molar-refractivity contribution < 1.29 is 125 Å². The number of carbonyl (C=O) groups excluding carboxylic acids is 9. The molecule has 13 aliphatic rings. The Morgan fingerprint density at radius 3 is 1.27 bits per heavy atom. The first-order chi connectivity index (χ1) is 70.4. The molecule has 8 atom stereocenters. The van der Waals surface area contributed by atoms with E-state index in [0.717, 1.165) is 114 Å². The van der Waals surface area contributed by atoms with Gasteiger partial charge in [0.1, 0.15) is 48.5 Å². The zero-order valence-corrected chi connectivity index (χ0v) is 92.9. The number of fused-ring (bicyclic) bond motifs is 2. The Hall–Kier alpha value is -11.5. The number of amides is 2. The van der Waals surface area contributed by atoms with Crippen LogP contribution in [0.2, 0.25) is 46.3 Å². The second-order valence-corrected chi connectivity index (χ2v) is 56.5. The van der Waals surface area contributed by atoms with Gasteiger partial charge in [0.15, 0.2) is 28.1 Å². The molecular formula is C111H132BCl2F3N4O26SSi2. The number of allylic oxidation sites excluding steroid dienone is 4. The first kappa shape index (κ1) is 116. The number of rotatable bonds is 29. The molecule has 0 unspecified atom stereocenters. The fourth-order valence-electron chi connectivity index (χ4n) is 23.1. The van der Waals surface area contributed by atoms with Crippen molar-refractivity contribution in [3.05, 3.63) is 242 Å². The molecule has 5 heterocycles. The molecule has 0 spiro atoms. The molecule has 0 N–H and O–H groups in total. The van der Waals surface area contributed by atoms with Gasteiger partial charge < -0.3 is 55.7 Å². The molecule has 3 saturated heterocycles. The Morgan fingerprint density at radius 1 is 0.540 bits per heavy atom. The number of benzene rings is 6. The van der Waals surface area contributed by atoms with Crippen LogP contribution in [0.15, 0.2) is 162 Å². The van der Waals surface area contributed by atoms with Gasteiger partial charge >= 0.3 is 53.0 Å². The number of β-lactam (4-membered cyclic amide) rings is 2. The number of nitro groups is 2. The number of non-ortho nitro benzene ring substituents is 2. The number of ether oxygens (including phenoxy) is 6. The fourth-order valence-corrected chi connectivity index (χ4v) is 27.2. The average Bonchev–Trinajstić information content (AvgIpc) is 1.54. The van der Waals surface area contributed by atoms with Crippen LogP contribution in [0, 0.1) is 91.2 Å². The smallest absolute Gasteiger partial charge is 0.496 e. The van der Waals surface area contributed by atoms with Gasteiger partial charge in [-0.15, -0.1) is 0 Å². The molecule has 39 heteroatoms. The summed E-state index contributed by atoms with van der Waals surface area (Å²) in [5.41, 5.74) is 3.61. The van der Waals surface area contributed by atoms with Crippen LogP contribution >= 0.6 is 23.2 Å². The minimum atomic E-state index is -6.27. The van der Waals surface area contributed by atoms with E-state index in [4.69, 9.17) is 89.0 Å². The second-order valence-electron chi connectivity index (χ2n) is 44.7. The number of halogens is 5. The highest BCUT2D eigenvalue weighted by Gasteiger charge is 2.66. The van der Waals surface area contributed by atoms with E-state index in [9.17, 15) is 65.8 Å². The summed E-state index contributed by atoms with van der Waals surface area (Å²) >= 11 is 14.5. The number of nitro benzene ring substituents is 2. The maximum atomic E-state index is 14.2. The van der Waals surface area contributed by atoms with Crippen molar-refractivity contribution in [3.8, 4) is 11.5 Å². The summed E-state index contributed by atoms with van der Waals surface area (Å²) < 4.78 is 129. The van der Waals surface area contributed by atoms with Gasteiger partial charge in [-0.3, -0.25) is 34.7 Å². The Balaban J connectivity index is 0.000000189. The van der Waals surface area contributed by atoms with Crippen LogP contribution in [0.5, 0.6) is 11.5 Å². The summed E-state index contributed by atoms with van der Waals surface area (Å²) in [4.78, 5) is 123. The standard InChI is InChI=1S/C51H61ClN2O8Si.C34H42BClO4.C24H29F3N2O10SSi.2CO2/c1-10-11-36-18-21-40(48(59-7)43-37-23-33-22-34(25-37)26-38(43)24-33)44(52)47(36)60-27-31-12-16-35(17-13-31)41-29(2)45-42(30(3)62-63(8,9)51(4,5)6)49(55)53(45)46(41)50(56)61-28-32-14-19-39(20-15-32)54(57)58;1-7-8-24-11-14-28(32(37-6)29-25-16-22-15-23(18-25)19-26(29)17-22)30(36)31(24)38-20-21-9-12-27(13-10-21)35-39-33(2,3)34(4,5)40-35;1-12-17-16(13(2)39-41(6,7)23(3,4)5)20(30)28(17)18(19(12)38-40(35,36)24(25,26)27)22(32)37-21(31)14-8-10-15(11-9-14)29(33)34;2*2-1-3/h10-21,29-30,33-34,37-38,42,45H,22-28H2,1-9H3;7-14,22-23,25-26H,15-20H2,1-6H3;8-13,16-17H,1-7H3;;/b11-10+,48-43?;8-7+,32-29?;;;/t29-,30+,33?,34?,37?,38?,42+,45+;;12-,13-,16-,17-;;/m0.1../s1. The van der Waals surface area contributed by atoms with Crippen molar-refractivity contribution >= 4 is 145 Å². The van der Waals surface area contributed by atoms with Gasteiger partial charge in [0.25, 0.3) is 11.4 Å². The molecule has 19 rings (SSSR count). The van der Waals surface area contributed by atoms with E-state index in [2.05, 4.69) is 127 Å². The molecule has 11 fully saturated rings. The van der Waals surface area contributed by atoms with E-state index in [-0.39, 0.29) is 101 Å². The summed E-state index contributed by atoms with van der Waals surface area (Å²) in [7, 11) is -7.74. The van der Waals surface area contributed by atoms with Crippen LogP contribution in [0.25, 0.3) is 29.2 Å². The van der Waals surface area contributed by atoms with Crippen LogP contribution < -0.4 is 14.9 Å². The Kier molecular flexibility index (Phi) is 35.3. The van der Waals surface area contributed by atoms with E-state index in [1.165, 1.54) is 94.4 Å². The molecule has 5 aliphatic heterocycles. The van der Waals surface area contributed by atoms with Crippen LogP contribution in [0.4, 0.5) is 24.5 Å². The first-order valence-corrected chi connectivity index (χ1v) is 58.5. The first-order valence-electron chi connectivity index (χ1n) is 50.5. The number of alkyl halides is 3. The second kappa shape index (κ2) is 45.8. The topological polar surface area (TPSA) is 382 Å². The normalized spacial score (nSPS) is 24.4. The fraction of sp³-hybridized carbons (Fsp3) is 0.505. The largest absolute Gasteiger partial charge is 0.534 e. The van der Waals surface area contributed by atoms with Crippen molar-refractivity contribution in [1.82, 2.24) is 9.80 Å². The molecule has 8 aliphatic carbocycles. The number of esters is 3. The van der Waals surface area contributed by atoms with Gasteiger partial charge in [0.05, 0.1) is 87.0 Å². The Labute approximate surface area is 885 Å². The maximum absolute atomic E-state index is 14.2. The number of carbonyl (C=O) groups is 5. The number of hydrogen-bond acceptors (Lipinski definition) is 26. The molecule has 8 saturated carbocycles. The monoisotopic (exact) mass is 2160 g/mol. The third kappa shape index (κ3) is 23.8. The van der Waals surface area contributed by atoms with Crippen LogP contribution in [-0.2, 0) is 110 Å². The highest BCUT2D eigenvalue weighted by atomic mass is 35.5. The highest BCUT2D eigenvalue weighted by Crippen LogP contribution is 2.62. The lowest BCUT2D eigenvalue weighted by Crippen LogP contribution is -2.65. The SMILES string of the molecule is C/C=C/c1ccc(C(OC)=C2C3CC4CC(C3)CC2C4)c(Cl)c1OCc1ccc(B2OC(C)(C)C(C)(C)O2)cc1.C/C=C/c1ccc(C(OC)=C2C3CC4CC(C3)CC2C4)c(Cl)c1OCc1ccc(C2=C(C(=O)OCc3ccc([N+](=O)[O-])cc3)N3C(=O)[C@H]([C@@H](C)O[Si](C)(C)C(C)(C)C)[C@H]3[C@H]2C)cc1.C[C@@H](O[Si](C)(C)C(C)(C)C)[C@H]1C(=O)N2C(C(=O)OC(=O)c3ccc([N+](=O)[O-])cc3)=C(OS(=O)(=O)C(F)(F)F)[C@H](C)[C@H]12.O=C=O.O=C=O. The Bertz CT molecular complexity index is 6450. The lowest BCUT2D eigenvalue weighted by molar-refractivity contribution is -0.385. The summed E-state index contributed by atoms with van der Waals surface area (Å²) in [5, 5.41) is 22.9. The van der Waals surface area contributed by atoms with Crippen LogP contribution in [0.3, 0.4) is 0 Å². The predicted molar refractivity (Wildman–Crippen MR) is 560 cm³/mol. The third-order valence-electron chi connectivity index (χ3n) is 32.7. The van der Waals surface area contributed by atoms with E-state index in [0.29, 0.717) is 57.4 Å². The highest BCUT2D eigenvalue weighted by molar-refractivity contribution is 7.87.